The number of hydrogen-bond donors (Lipinski definition) is 1. The molecule has 0 spiro atoms. The van der Waals surface area contributed by atoms with Gasteiger partial charge in [0.1, 0.15) is 16.8 Å². The lowest BCUT2D eigenvalue weighted by atomic mass is 10.1. The number of carbonyl (C=O) groups is 1. The van der Waals surface area contributed by atoms with Gasteiger partial charge in [0.2, 0.25) is 0 Å². The minimum absolute atomic E-state index is 0.305. The van der Waals surface area contributed by atoms with E-state index in [0.29, 0.717) is 29.1 Å². The number of rotatable bonds is 5. The van der Waals surface area contributed by atoms with E-state index in [-0.39, 0.29) is 0 Å². The maximum Gasteiger partial charge on any atom is 0.341 e. The third-order valence-electron chi connectivity index (χ3n) is 3.90. The van der Waals surface area contributed by atoms with Crippen molar-refractivity contribution in [1.82, 2.24) is 4.98 Å². The number of esters is 1. The van der Waals surface area contributed by atoms with E-state index in [1.54, 1.807) is 14.0 Å². The van der Waals surface area contributed by atoms with Gasteiger partial charge < -0.3 is 14.8 Å². The van der Waals surface area contributed by atoms with Gasteiger partial charge in [-0.1, -0.05) is 29.8 Å². The molecule has 0 fully saturated rings. The van der Waals surface area contributed by atoms with Crippen LogP contribution in [0.5, 0.6) is 5.75 Å². The first kappa shape index (κ1) is 16.8. The quantitative estimate of drug-likeness (QED) is 0.697. The van der Waals surface area contributed by atoms with E-state index < -0.39 is 5.97 Å². The molecule has 25 heavy (non-hydrogen) atoms. The van der Waals surface area contributed by atoms with Crippen LogP contribution in [0.2, 0.25) is 0 Å². The van der Waals surface area contributed by atoms with Gasteiger partial charge in [-0.3, -0.25) is 4.98 Å². The number of anilines is 2. The maximum atomic E-state index is 12.4. The van der Waals surface area contributed by atoms with Crippen molar-refractivity contribution >= 4 is 28.2 Å². The molecule has 5 nitrogen and oxygen atoms in total. The maximum absolute atomic E-state index is 12.4. The molecule has 0 aliphatic carbocycles. The Morgan fingerprint density at radius 1 is 1.16 bits per heavy atom. The molecule has 0 atom stereocenters. The lowest BCUT2D eigenvalue weighted by molar-refractivity contribution is 0.0527. The summed E-state index contributed by atoms with van der Waals surface area (Å²) in [5, 5.41) is 4.13. The van der Waals surface area contributed by atoms with E-state index in [1.807, 2.05) is 49.4 Å². The number of carbonyl (C=O) groups excluding carboxylic acids is 1. The zero-order valence-electron chi connectivity index (χ0n) is 14.5. The van der Waals surface area contributed by atoms with E-state index in [9.17, 15) is 4.79 Å². The van der Waals surface area contributed by atoms with Crippen LogP contribution in [0.3, 0.4) is 0 Å². The van der Waals surface area contributed by atoms with Crippen molar-refractivity contribution in [2.24, 2.45) is 0 Å². The number of aromatic nitrogens is 1. The number of hydrogen-bond acceptors (Lipinski definition) is 5. The Morgan fingerprint density at radius 2 is 1.92 bits per heavy atom. The molecule has 0 aliphatic heterocycles. The van der Waals surface area contributed by atoms with E-state index >= 15 is 0 Å². The number of aryl methyl sites for hydroxylation is 1. The van der Waals surface area contributed by atoms with Gasteiger partial charge in [-0.25, -0.2) is 4.79 Å². The zero-order chi connectivity index (χ0) is 17.8. The fourth-order valence-electron chi connectivity index (χ4n) is 2.64. The Balaban J connectivity index is 2.17. The van der Waals surface area contributed by atoms with Crippen LogP contribution in [0.25, 0.3) is 10.9 Å². The molecule has 128 valence electrons. The van der Waals surface area contributed by atoms with E-state index in [2.05, 4.69) is 10.3 Å². The highest BCUT2D eigenvalue weighted by molar-refractivity contribution is 6.07. The summed E-state index contributed by atoms with van der Waals surface area (Å²) in [6.45, 7) is 4.11. The van der Waals surface area contributed by atoms with Crippen molar-refractivity contribution in [1.29, 1.82) is 0 Å². The Hall–Kier alpha value is -3.08. The number of benzene rings is 2. The summed E-state index contributed by atoms with van der Waals surface area (Å²) < 4.78 is 10.6. The van der Waals surface area contributed by atoms with Gasteiger partial charge in [-0.2, -0.15) is 0 Å². The zero-order valence-corrected chi connectivity index (χ0v) is 14.5. The van der Waals surface area contributed by atoms with Gasteiger partial charge in [0.15, 0.2) is 0 Å². The fraction of sp³-hybridized carbons (Fsp3) is 0.200. The van der Waals surface area contributed by atoms with Crippen LogP contribution in [0, 0.1) is 6.92 Å². The predicted octanol–water partition coefficient (Wildman–Crippen LogP) is 4.47. The third-order valence-corrected chi connectivity index (χ3v) is 3.90. The summed E-state index contributed by atoms with van der Waals surface area (Å²) >= 11 is 0. The molecule has 1 N–H and O–H groups in total. The molecule has 0 aliphatic rings. The van der Waals surface area contributed by atoms with Gasteiger partial charge >= 0.3 is 5.97 Å². The number of nitrogens with one attached hydrogen (secondary N) is 1. The SMILES string of the molecule is CCOC(=O)c1cnc2c(OC)cccc2c1Nc1ccc(C)cc1. The smallest absolute Gasteiger partial charge is 0.341 e. The van der Waals surface area contributed by atoms with Crippen LogP contribution >= 0.6 is 0 Å². The second-order valence-electron chi connectivity index (χ2n) is 5.61. The van der Waals surface area contributed by atoms with Crippen LogP contribution in [-0.2, 0) is 4.74 Å². The Labute approximate surface area is 146 Å². The van der Waals surface area contributed by atoms with Crippen molar-refractivity contribution in [3.8, 4) is 5.75 Å². The van der Waals surface area contributed by atoms with Gasteiger partial charge in [0, 0.05) is 17.3 Å². The number of fused-ring (bicyclic) bond motifs is 1. The molecule has 2 aromatic carbocycles. The number of ether oxygens (including phenoxy) is 2. The molecule has 3 aromatic rings. The second-order valence-corrected chi connectivity index (χ2v) is 5.61. The molecule has 1 heterocycles. The van der Waals surface area contributed by atoms with E-state index in [4.69, 9.17) is 9.47 Å². The van der Waals surface area contributed by atoms with Crippen molar-refractivity contribution in [3.63, 3.8) is 0 Å². The molecule has 0 bridgehead atoms. The van der Waals surface area contributed by atoms with Crippen LogP contribution in [0.1, 0.15) is 22.8 Å². The summed E-state index contributed by atoms with van der Waals surface area (Å²) in [5.74, 6) is 0.245. The van der Waals surface area contributed by atoms with Crippen LogP contribution in [0.4, 0.5) is 11.4 Å². The van der Waals surface area contributed by atoms with Crippen molar-refractivity contribution in [2.45, 2.75) is 13.8 Å². The summed E-state index contributed by atoms with van der Waals surface area (Å²) in [7, 11) is 1.60. The summed E-state index contributed by atoms with van der Waals surface area (Å²) in [5.41, 5.74) is 3.78. The Morgan fingerprint density at radius 3 is 2.60 bits per heavy atom. The molecule has 0 unspecified atom stereocenters. The summed E-state index contributed by atoms with van der Waals surface area (Å²) in [4.78, 5) is 16.8. The predicted molar refractivity (Wildman–Crippen MR) is 98.7 cm³/mol. The third kappa shape index (κ3) is 3.40. The van der Waals surface area contributed by atoms with Gasteiger partial charge in [-0.05, 0) is 32.0 Å². The largest absolute Gasteiger partial charge is 0.494 e. The molecule has 5 heteroatoms. The molecule has 0 amide bonds. The molecule has 3 rings (SSSR count). The highest BCUT2D eigenvalue weighted by atomic mass is 16.5. The normalized spacial score (nSPS) is 10.5. The molecule has 0 radical (unpaired) electrons. The van der Waals surface area contributed by atoms with E-state index in [0.717, 1.165) is 16.6 Å². The van der Waals surface area contributed by atoms with Crippen LogP contribution < -0.4 is 10.1 Å². The fourth-order valence-corrected chi connectivity index (χ4v) is 2.64. The van der Waals surface area contributed by atoms with Crippen LogP contribution in [0.15, 0.2) is 48.7 Å². The second kappa shape index (κ2) is 7.21. The standard InChI is InChI=1S/C20H20N2O3/c1-4-25-20(23)16-12-21-19-15(6-5-7-17(19)24-3)18(16)22-14-10-8-13(2)9-11-14/h5-12H,4H2,1-3H3,(H,21,22). The number of para-hydroxylation sites is 1. The minimum atomic E-state index is -0.408. The van der Waals surface area contributed by atoms with Crippen molar-refractivity contribution in [2.75, 3.05) is 19.0 Å². The Bertz CT molecular complexity index is 905. The average molecular weight is 336 g/mol. The first-order valence-electron chi connectivity index (χ1n) is 8.10. The van der Waals surface area contributed by atoms with Gasteiger partial charge in [0.25, 0.3) is 0 Å². The highest BCUT2D eigenvalue weighted by Crippen LogP contribution is 2.33. The molecular weight excluding hydrogens is 316 g/mol. The first-order chi connectivity index (χ1) is 12.1. The van der Waals surface area contributed by atoms with E-state index in [1.165, 1.54) is 6.20 Å². The summed E-state index contributed by atoms with van der Waals surface area (Å²) in [6, 6.07) is 13.6. The average Bonchev–Trinajstić information content (AvgIpc) is 2.63. The number of nitrogens with zero attached hydrogens (tertiary/aromatic N) is 1. The molecule has 0 saturated heterocycles. The lowest BCUT2D eigenvalue weighted by Gasteiger charge is -2.15. The molecule has 0 saturated carbocycles. The van der Waals surface area contributed by atoms with Crippen molar-refractivity contribution in [3.05, 3.63) is 59.8 Å². The number of pyridine rings is 1. The molecule has 1 aromatic heterocycles. The highest BCUT2D eigenvalue weighted by Gasteiger charge is 2.18. The van der Waals surface area contributed by atoms with Gasteiger partial charge in [0.05, 0.1) is 19.4 Å². The van der Waals surface area contributed by atoms with Crippen molar-refractivity contribution < 1.29 is 14.3 Å². The van der Waals surface area contributed by atoms with Gasteiger partial charge in [-0.15, -0.1) is 0 Å². The minimum Gasteiger partial charge on any atom is -0.494 e. The number of methoxy groups -OCH3 is 1. The summed E-state index contributed by atoms with van der Waals surface area (Å²) in [6.07, 6.45) is 1.53. The topological polar surface area (TPSA) is 60.5 Å². The van der Waals surface area contributed by atoms with Crippen LogP contribution in [-0.4, -0.2) is 24.7 Å². The molecular formula is C20H20N2O3. The lowest BCUT2D eigenvalue weighted by Crippen LogP contribution is -2.09. The monoisotopic (exact) mass is 336 g/mol. The Kier molecular flexibility index (Phi) is 4.84. The first-order valence-corrected chi connectivity index (χ1v) is 8.10.